The molecule has 0 aromatic heterocycles. The SMILES string of the molecule is Nc1cc(-c2ccc(F)cc2)c(N2CCC3(CC2)OCCO3)cc1NC(=O)O. The first-order valence-corrected chi connectivity index (χ1v) is 9.18. The van der Waals surface area contributed by atoms with Gasteiger partial charge in [-0.25, -0.2) is 9.18 Å². The van der Waals surface area contributed by atoms with Gasteiger partial charge in [0, 0.05) is 37.2 Å². The number of piperidine rings is 1. The van der Waals surface area contributed by atoms with E-state index in [-0.39, 0.29) is 5.82 Å². The lowest BCUT2D eigenvalue weighted by atomic mass is 9.97. The van der Waals surface area contributed by atoms with Crippen LogP contribution in [0, 0.1) is 5.82 Å². The van der Waals surface area contributed by atoms with Gasteiger partial charge in [0.05, 0.1) is 24.6 Å². The summed E-state index contributed by atoms with van der Waals surface area (Å²) in [7, 11) is 0. The van der Waals surface area contributed by atoms with Gasteiger partial charge in [-0.3, -0.25) is 5.32 Å². The molecule has 28 heavy (non-hydrogen) atoms. The van der Waals surface area contributed by atoms with Crippen molar-refractivity contribution in [2.45, 2.75) is 18.6 Å². The number of nitrogens with two attached hydrogens (primary N) is 1. The van der Waals surface area contributed by atoms with Crippen LogP contribution in [0.5, 0.6) is 0 Å². The molecule has 0 radical (unpaired) electrons. The number of carbonyl (C=O) groups is 1. The van der Waals surface area contributed by atoms with Crippen molar-refractivity contribution in [1.29, 1.82) is 0 Å². The summed E-state index contributed by atoms with van der Waals surface area (Å²) in [5.74, 6) is -0.833. The summed E-state index contributed by atoms with van der Waals surface area (Å²) >= 11 is 0. The van der Waals surface area contributed by atoms with Crippen molar-refractivity contribution in [2.24, 2.45) is 0 Å². The standard InChI is InChI=1S/C20H22FN3O4/c21-14-3-1-13(2-4-14)15-11-16(22)17(23-19(25)26)12-18(15)24-7-5-20(6-8-24)27-9-10-28-20/h1-4,11-12,23H,5-10,22H2,(H,25,26). The Morgan fingerprint density at radius 2 is 1.79 bits per heavy atom. The normalized spacial score (nSPS) is 18.4. The molecule has 2 heterocycles. The second-order valence-corrected chi connectivity index (χ2v) is 6.99. The summed E-state index contributed by atoms with van der Waals surface area (Å²) < 4.78 is 25.0. The Morgan fingerprint density at radius 1 is 1.14 bits per heavy atom. The highest BCUT2D eigenvalue weighted by molar-refractivity contribution is 5.93. The fourth-order valence-electron chi connectivity index (χ4n) is 3.82. The fraction of sp³-hybridized carbons (Fsp3) is 0.350. The number of benzene rings is 2. The van der Waals surface area contributed by atoms with Gasteiger partial charge in [0.1, 0.15) is 5.82 Å². The second-order valence-electron chi connectivity index (χ2n) is 6.99. The first-order chi connectivity index (χ1) is 13.5. The molecule has 2 fully saturated rings. The largest absolute Gasteiger partial charge is 0.465 e. The molecule has 2 aromatic rings. The molecule has 2 aliphatic rings. The van der Waals surface area contributed by atoms with Crippen LogP contribution in [-0.2, 0) is 9.47 Å². The van der Waals surface area contributed by atoms with E-state index in [1.54, 1.807) is 24.3 Å². The van der Waals surface area contributed by atoms with E-state index in [1.165, 1.54) is 12.1 Å². The molecule has 1 amide bonds. The molecular formula is C20H22FN3O4. The van der Waals surface area contributed by atoms with Crippen LogP contribution < -0.4 is 16.0 Å². The summed E-state index contributed by atoms with van der Waals surface area (Å²) in [6, 6.07) is 9.62. The molecule has 2 aromatic carbocycles. The van der Waals surface area contributed by atoms with Crippen LogP contribution in [0.15, 0.2) is 36.4 Å². The Balaban J connectivity index is 1.70. The number of ether oxygens (including phenoxy) is 2. The van der Waals surface area contributed by atoms with Crippen LogP contribution in [0.25, 0.3) is 11.1 Å². The molecule has 0 saturated carbocycles. The highest BCUT2D eigenvalue weighted by atomic mass is 19.1. The average Bonchev–Trinajstić information content (AvgIpc) is 3.12. The van der Waals surface area contributed by atoms with Crippen molar-refractivity contribution in [3.05, 3.63) is 42.2 Å². The maximum atomic E-state index is 13.4. The molecule has 4 N–H and O–H groups in total. The summed E-state index contributed by atoms with van der Waals surface area (Å²) in [6.45, 7) is 2.58. The third kappa shape index (κ3) is 3.61. The first kappa shape index (κ1) is 18.5. The van der Waals surface area contributed by atoms with Crippen molar-refractivity contribution in [1.82, 2.24) is 0 Å². The maximum Gasteiger partial charge on any atom is 0.409 e. The molecule has 1 spiro atoms. The fourth-order valence-corrected chi connectivity index (χ4v) is 3.82. The number of hydrogen-bond acceptors (Lipinski definition) is 5. The number of nitrogens with zero attached hydrogens (tertiary/aromatic N) is 1. The zero-order valence-electron chi connectivity index (χ0n) is 15.3. The summed E-state index contributed by atoms with van der Waals surface area (Å²) in [5, 5.41) is 11.4. The molecule has 148 valence electrons. The summed E-state index contributed by atoms with van der Waals surface area (Å²) in [5.41, 5.74) is 9.15. The van der Waals surface area contributed by atoms with Crippen molar-refractivity contribution in [3.63, 3.8) is 0 Å². The number of nitrogens with one attached hydrogen (secondary N) is 1. The Labute approximate surface area is 161 Å². The predicted octanol–water partition coefficient (Wildman–Crippen LogP) is 3.51. The van der Waals surface area contributed by atoms with Crippen LogP contribution in [-0.4, -0.2) is 43.3 Å². The Kier molecular flexibility index (Phi) is 4.82. The van der Waals surface area contributed by atoms with Gasteiger partial charge >= 0.3 is 6.09 Å². The zero-order chi connectivity index (χ0) is 19.7. The number of anilines is 3. The lowest BCUT2D eigenvalue weighted by Gasteiger charge is -2.39. The van der Waals surface area contributed by atoms with Gasteiger partial charge in [0.15, 0.2) is 5.79 Å². The number of nitrogen functional groups attached to an aromatic ring is 1. The van der Waals surface area contributed by atoms with Gasteiger partial charge in [-0.05, 0) is 29.8 Å². The third-order valence-electron chi connectivity index (χ3n) is 5.24. The highest BCUT2D eigenvalue weighted by Crippen LogP contribution is 2.40. The molecule has 0 atom stereocenters. The number of amides is 1. The van der Waals surface area contributed by atoms with Crippen molar-refractivity contribution in [2.75, 3.05) is 42.3 Å². The molecule has 8 heteroatoms. The molecule has 4 rings (SSSR count). The maximum absolute atomic E-state index is 13.4. The number of carboxylic acid groups (broad SMARTS) is 1. The minimum atomic E-state index is -1.18. The second kappa shape index (κ2) is 7.29. The van der Waals surface area contributed by atoms with Crippen LogP contribution in [0.2, 0.25) is 0 Å². The summed E-state index contributed by atoms with van der Waals surface area (Å²) in [6.07, 6.45) is 0.238. The lowest BCUT2D eigenvalue weighted by molar-refractivity contribution is -0.169. The number of hydrogen-bond donors (Lipinski definition) is 3. The van der Waals surface area contributed by atoms with Gasteiger partial charge in [-0.1, -0.05) is 12.1 Å². The molecule has 2 aliphatic heterocycles. The smallest absolute Gasteiger partial charge is 0.409 e. The number of halogens is 1. The van der Waals surface area contributed by atoms with Crippen LogP contribution >= 0.6 is 0 Å². The molecule has 0 unspecified atom stereocenters. The van der Waals surface area contributed by atoms with Crippen molar-refractivity contribution >= 4 is 23.2 Å². The first-order valence-electron chi connectivity index (χ1n) is 9.18. The molecule has 2 saturated heterocycles. The van der Waals surface area contributed by atoms with E-state index in [4.69, 9.17) is 20.3 Å². The average molecular weight is 387 g/mol. The third-order valence-corrected chi connectivity index (χ3v) is 5.24. The van der Waals surface area contributed by atoms with Gasteiger partial charge < -0.3 is 25.2 Å². The topological polar surface area (TPSA) is 97.0 Å². The quantitative estimate of drug-likeness (QED) is 0.698. The minimum absolute atomic E-state index is 0.307. The van der Waals surface area contributed by atoms with Crippen molar-refractivity contribution < 1.29 is 23.8 Å². The molecule has 0 aliphatic carbocycles. The van der Waals surface area contributed by atoms with E-state index in [0.717, 1.165) is 16.8 Å². The van der Waals surface area contributed by atoms with Gasteiger partial charge in [-0.15, -0.1) is 0 Å². The monoisotopic (exact) mass is 387 g/mol. The summed E-state index contributed by atoms with van der Waals surface area (Å²) in [4.78, 5) is 13.3. The zero-order valence-corrected chi connectivity index (χ0v) is 15.3. The predicted molar refractivity (Wildman–Crippen MR) is 104 cm³/mol. The van der Waals surface area contributed by atoms with E-state index >= 15 is 0 Å². The van der Waals surface area contributed by atoms with E-state index in [9.17, 15) is 9.18 Å². The van der Waals surface area contributed by atoms with E-state index in [0.29, 0.717) is 50.5 Å². The van der Waals surface area contributed by atoms with Gasteiger partial charge in [0.2, 0.25) is 0 Å². The highest BCUT2D eigenvalue weighted by Gasteiger charge is 2.40. The van der Waals surface area contributed by atoms with Gasteiger partial charge in [-0.2, -0.15) is 0 Å². The molecule has 0 bridgehead atoms. The van der Waals surface area contributed by atoms with Crippen LogP contribution in [0.3, 0.4) is 0 Å². The lowest BCUT2D eigenvalue weighted by Crippen LogP contribution is -2.45. The number of rotatable bonds is 3. The van der Waals surface area contributed by atoms with Crippen LogP contribution in [0.1, 0.15) is 12.8 Å². The molecular weight excluding hydrogens is 365 g/mol. The Bertz CT molecular complexity index is 872. The minimum Gasteiger partial charge on any atom is -0.465 e. The van der Waals surface area contributed by atoms with Crippen LogP contribution in [0.4, 0.5) is 26.2 Å². The Morgan fingerprint density at radius 3 is 2.39 bits per heavy atom. The van der Waals surface area contributed by atoms with Crippen molar-refractivity contribution in [3.8, 4) is 11.1 Å². The van der Waals surface area contributed by atoms with E-state index in [1.807, 2.05) is 0 Å². The van der Waals surface area contributed by atoms with Gasteiger partial charge in [0.25, 0.3) is 0 Å². The van der Waals surface area contributed by atoms with E-state index < -0.39 is 11.9 Å². The Hall–Kier alpha value is -2.84. The molecule has 7 nitrogen and oxygen atoms in total. The van der Waals surface area contributed by atoms with E-state index in [2.05, 4.69) is 10.2 Å².